The van der Waals surface area contributed by atoms with E-state index in [1.807, 2.05) is 0 Å². The second kappa shape index (κ2) is 10.2. The molecule has 0 radical (unpaired) electrons. The molecule has 4 rings (SSSR count). The summed E-state index contributed by atoms with van der Waals surface area (Å²) in [6.07, 6.45) is 2.68. The van der Waals surface area contributed by atoms with Crippen LogP contribution in [0.15, 0.2) is 18.2 Å². The predicted octanol–water partition coefficient (Wildman–Crippen LogP) is 4.21. The van der Waals surface area contributed by atoms with Crippen LogP contribution in [0.2, 0.25) is 0 Å². The number of amides is 1. The molecule has 9 nitrogen and oxygen atoms in total. The summed E-state index contributed by atoms with van der Waals surface area (Å²) >= 11 is 0. The molecule has 1 aromatic rings. The van der Waals surface area contributed by atoms with Gasteiger partial charge < -0.3 is 24.3 Å². The Hall–Kier alpha value is -2.79. The Morgan fingerprint density at radius 2 is 1.65 bits per heavy atom. The van der Waals surface area contributed by atoms with Crippen LogP contribution in [0, 0.1) is 17.0 Å². The number of carbonyl (C=O) groups excluding carboxylic acids is 2. The Labute approximate surface area is 214 Å². The number of rotatable bonds is 4. The van der Waals surface area contributed by atoms with Crippen molar-refractivity contribution in [1.29, 1.82) is 0 Å². The second-order valence-electron chi connectivity index (χ2n) is 11.3. The number of nitrogens with zero attached hydrogens (tertiary/aromatic N) is 2. The van der Waals surface area contributed by atoms with Crippen LogP contribution in [-0.2, 0) is 23.9 Å². The number of hydroxylamine groups is 2. The van der Waals surface area contributed by atoms with E-state index in [0.717, 1.165) is 29.9 Å². The van der Waals surface area contributed by atoms with Gasteiger partial charge in [0.25, 0.3) is 0 Å². The molecule has 3 fully saturated rings. The van der Waals surface area contributed by atoms with Crippen molar-refractivity contribution < 1.29 is 42.6 Å². The highest BCUT2D eigenvalue weighted by Gasteiger charge is 2.58. The summed E-state index contributed by atoms with van der Waals surface area (Å²) in [7, 11) is 0. The lowest BCUT2D eigenvalue weighted by atomic mass is 9.63. The van der Waals surface area contributed by atoms with Crippen LogP contribution < -0.4 is 0 Å². The van der Waals surface area contributed by atoms with Crippen molar-refractivity contribution in [3.05, 3.63) is 35.4 Å². The van der Waals surface area contributed by atoms with Crippen molar-refractivity contribution in [2.75, 3.05) is 26.3 Å². The fraction of sp³-hybridized carbons (Fsp3) is 0.654. The van der Waals surface area contributed by atoms with E-state index in [1.165, 1.54) is 5.06 Å². The van der Waals surface area contributed by atoms with Crippen LogP contribution >= 0.6 is 0 Å². The number of hydrogen-bond acceptors (Lipinski definition) is 7. The van der Waals surface area contributed by atoms with Gasteiger partial charge in [-0.05, 0) is 82.4 Å². The van der Waals surface area contributed by atoms with Crippen LogP contribution in [-0.4, -0.2) is 70.5 Å². The maximum absolute atomic E-state index is 14.1. The molecule has 1 amide bonds. The minimum absolute atomic E-state index is 0.00152. The Kier molecular flexibility index (Phi) is 7.49. The molecular weight excluding hydrogens is 490 g/mol. The van der Waals surface area contributed by atoms with E-state index in [0.29, 0.717) is 45.0 Å². The molecule has 2 aliphatic heterocycles. The summed E-state index contributed by atoms with van der Waals surface area (Å²) in [5.41, 5.74) is -2.11. The van der Waals surface area contributed by atoms with Crippen molar-refractivity contribution >= 4 is 18.0 Å². The molecular formula is C26H34F2N2O7. The lowest BCUT2D eigenvalue weighted by molar-refractivity contribution is -0.242. The Morgan fingerprint density at radius 1 is 1.05 bits per heavy atom. The van der Waals surface area contributed by atoms with Gasteiger partial charge in [-0.15, -0.1) is 5.06 Å². The normalized spacial score (nSPS) is 23.8. The first kappa shape index (κ1) is 27.3. The summed E-state index contributed by atoms with van der Waals surface area (Å²) in [6, 6.07) is 1.73. The summed E-state index contributed by atoms with van der Waals surface area (Å²) in [5, 5.41) is 10.9. The van der Waals surface area contributed by atoms with Crippen molar-refractivity contribution in [3.63, 3.8) is 0 Å². The van der Waals surface area contributed by atoms with Gasteiger partial charge >= 0.3 is 12.1 Å². The molecule has 1 aliphatic carbocycles. The third-order valence-corrected chi connectivity index (χ3v) is 7.69. The quantitative estimate of drug-likeness (QED) is 0.584. The molecule has 37 heavy (non-hydrogen) atoms. The average molecular weight is 525 g/mol. The highest BCUT2D eigenvalue weighted by molar-refractivity contribution is 5.90. The van der Waals surface area contributed by atoms with Gasteiger partial charge in [0, 0.05) is 19.3 Å². The molecule has 204 valence electrons. The standard InChI is InChI=1S/C26H34F2N2O7/c1-24(2,3)36-23(34)37-30-15-20(17-12-18(27)14-19(28)13-17)29(16-21(31)32)22(33)26(30)6-4-25(5-7-26)8-10-35-11-9-25/h12-14,20H,4-11,15-16H2,1-3H3,(H,31,32)/t20-/m0/s1. The van der Waals surface area contributed by atoms with Gasteiger partial charge in [0.15, 0.2) is 0 Å². The van der Waals surface area contributed by atoms with Gasteiger partial charge in [-0.1, -0.05) is 0 Å². The van der Waals surface area contributed by atoms with E-state index in [4.69, 9.17) is 14.3 Å². The van der Waals surface area contributed by atoms with E-state index < -0.39 is 53.4 Å². The van der Waals surface area contributed by atoms with Crippen molar-refractivity contribution in [3.8, 4) is 0 Å². The zero-order valence-electron chi connectivity index (χ0n) is 21.4. The topological polar surface area (TPSA) is 106 Å². The van der Waals surface area contributed by atoms with Crippen molar-refractivity contribution in [2.24, 2.45) is 5.41 Å². The lowest BCUT2D eigenvalue weighted by Crippen LogP contribution is -2.68. The number of benzene rings is 1. The lowest BCUT2D eigenvalue weighted by Gasteiger charge is -2.55. The number of carboxylic acid groups (broad SMARTS) is 1. The number of hydrogen-bond donors (Lipinski definition) is 1. The molecule has 1 atom stereocenters. The average Bonchev–Trinajstić information content (AvgIpc) is 2.79. The summed E-state index contributed by atoms with van der Waals surface area (Å²) in [4.78, 5) is 45.4. The van der Waals surface area contributed by atoms with E-state index in [9.17, 15) is 28.3 Å². The molecule has 11 heteroatoms. The SMILES string of the molecule is CC(C)(C)OC(=O)ON1C[C@@H](c2cc(F)cc(F)c2)N(CC(=O)O)C(=O)C12CCC1(CCOCC1)CC2. The van der Waals surface area contributed by atoms with E-state index >= 15 is 0 Å². The first-order chi connectivity index (χ1) is 17.3. The first-order valence-corrected chi connectivity index (χ1v) is 12.6. The van der Waals surface area contributed by atoms with Crippen LogP contribution in [0.25, 0.3) is 0 Å². The number of ether oxygens (including phenoxy) is 2. The van der Waals surface area contributed by atoms with Crippen LogP contribution in [0.1, 0.15) is 70.9 Å². The third kappa shape index (κ3) is 5.87. The maximum Gasteiger partial charge on any atom is 0.528 e. The van der Waals surface area contributed by atoms with Gasteiger partial charge in [0.2, 0.25) is 5.91 Å². The van der Waals surface area contributed by atoms with E-state index in [1.54, 1.807) is 20.8 Å². The monoisotopic (exact) mass is 524 g/mol. The highest BCUT2D eigenvalue weighted by atomic mass is 19.1. The van der Waals surface area contributed by atoms with Gasteiger partial charge in [0.1, 0.15) is 29.3 Å². The van der Waals surface area contributed by atoms with Crippen LogP contribution in [0.3, 0.4) is 0 Å². The van der Waals surface area contributed by atoms with E-state index in [-0.39, 0.29) is 17.5 Å². The molecule has 1 N–H and O–H groups in total. The molecule has 1 aromatic carbocycles. The smallest absolute Gasteiger partial charge is 0.480 e. The molecule has 0 bridgehead atoms. The number of aliphatic carboxylic acids is 1. The fourth-order valence-corrected chi connectivity index (χ4v) is 5.77. The zero-order chi connectivity index (χ0) is 27.0. The predicted molar refractivity (Wildman–Crippen MR) is 126 cm³/mol. The van der Waals surface area contributed by atoms with E-state index in [2.05, 4.69) is 0 Å². The number of carboxylic acids is 1. The molecule has 2 saturated heterocycles. The number of carbonyl (C=O) groups is 3. The Bertz CT molecular complexity index is 1020. The largest absolute Gasteiger partial charge is 0.528 e. The fourth-order valence-electron chi connectivity index (χ4n) is 5.77. The van der Waals surface area contributed by atoms with Crippen molar-refractivity contribution in [2.45, 2.75) is 76.5 Å². The molecule has 1 saturated carbocycles. The van der Waals surface area contributed by atoms with Gasteiger partial charge in [-0.2, -0.15) is 0 Å². The molecule has 2 heterocycles. The number of halogens is 2. The van der Waals surface area contributed by atoms with Crippen LogP contribution in [0.5, 0.6) is 0 Å². The summed E-state index contributed by atoms with van der Waals surface area (Å²) in [6.45, 7) is 5.46. The molecule has 2 spiro atoms. The maximum atomic E-state index is 14.1. The highest BCUT2D eigenvalue weighted by Crippen LogP contribution is 2.51. The summed E-state index contributed by atoms with van der Waals surface area (Å²) in [5.74, 6) is -3.54. The minimum Gasteiger partial charge on any atom is -0.480 e. The van der Waals surface area contributed by atoms with Crippen molar-refractivity contribution in [1.82, 2.24) is 9.96 Å². The Morgan fingerprint density at radius 3 is 2.19 bits per heavy atom. The molecule has 0 aromatic heterocycles. The molecule has 0 unspecified atom stereocenters. The molecule has 3 aliphatic rings. The van der Waals surface area contributed by atoms with Gasteiger partial charge in [0.05, 0.1) is 12.6 Å². The second-order valence-corrected chi connectivity index (χ2v) is 11.3. The summed E-state index contributed by atoms with van der Waals surface area (Å²) < 4.78 is 39.1. The first-order valence-electron chi connectivity index (χ1n) is 12.6. The minimum atomic E-state index is -1.32. The third-order valence-electron chi connectivity index (χ3n) is 7.69. The zero-order valence-corrected chi connectivity index (χ0v) is 21.4. The van der Waals surface area contributed by atoms with Gasteiger partial charge in [-0.25, -0.2) is 13.6 Å². The Balaban J connectivity index is 1.71. The number of piperazine rings is 1. The van der Waals surface area contributed by atoms with Gasteiger partial charge in [-0.3, -0.25) is 9.59 Å². The van der Waals surface area contributed by atoms with Crippen LogP contribution in [0.4, 0.5) is 13.6 Å².